The van der Waals surface area contributed by atoms with Crippen LogP contribution in [0.5, 0.6) is 0 Å². The lowest BCUT2D eigenvalue weighted by atomic mass is 10.1. The molecule has 1 heterocycles. The summed E-state index contributed by atoms with van der Waals surface area (Å²) >= 11 is 5.88. The maximum absolute atomic E-state index is 13.2. The van der Waals surface area contributed by atoms with Crippen LogP contribution in [-0.2, 0) is 5.88 Å². The molecular formula is C19H26ClFN8. The predicted molar refractivity (Wildman–Crippen MR) is 117 cm³/mol. The van der Waals surface area contributed by atoms with Gasteiger partial charge in [-0.05, 0) is 36.8 Å². The summed E-state index contributed by atoms with van der Waals surface area (Å²) in [6, 6.07) is 11.0. The Balaban J connectivity index is 2.54. The smallest absolute Gasteiger partial charge is 0.169 e. The zero-order chi connectivity index (χ0) is 21.4. The highest BCUT2D eigenvalue weighted by molar-refractivity contribution is 6.20. The van der Waals surface area contributed by atoms with Crippen molar-refractivity contribution in [2.45, 2.75) is 19.0 Å². The number of halogens is 2. The number of aliphatic imine (C=N–C) groups is 1. The summed E-state index contributed by atoms with van der Waals surface area (Å²) in [6.07, 6.45) is 2.26. The Morgan fingerprint density at radius 3 is 2.59 bits per heavy atom. The molecule has 0 fully saturated rings. The van der Waals surface area contributed by atoms with Gasteiger partial charge in [-0.25, -0.2) is 24.8 Å². The Hall–Kier alpha value is -2.59. The van der Waals surface area contributed by atoms with Crippen LogP contribution in [0.15, 0.2) is 47.6 Å². The topological polar surface area (TPSA) is 96.9 Å². The van der Waals surface area contributed by atoms with Crippen LogP contribution >= 0.6 is 11.6 Å². The van der Waals surface area contributed by atoms with E-state index in [0.29, 0.717) is 23.0 Å². The molecule has 0 saturated heterocycles. The number of pyridine rings is 1. The summed E-state index contributed by atoms with van der Waals surface area (Å²) < 4.78 is 13.2. The summed E-state index contributed by atoms with van der Waals surface area (Å²) in [4.78, 5) is 10.5. The number of amidine groups is 1. The minimum absolute atomic E-state index is 0.279. The maximum Gasteiger partial charge on any atom is 0.169 e. The molecule has 4 N–H and O–H groups in total. The molecule has 1 aromatic heterocycles. The molecule has 1 aromatic carbocycles. The average molecular weight is 421 g/mol. The number of anilines is 2. The molecule has 2 aromatic rings. The predicted octanol–water partition coefficient (Wildman–Crippen LogP) is 2.82. The average Bonchev–Trinajstić information content (AvgIpc) is 2.75. The fourth-order valence-electron chi connectivity index (χ4n) is 2.64. The highest BCUT2D eigenvalue weighted by Gasteiger charge is 2.21. The van der Waals surface area contributed by atoms with Gasteiger partial charge in [-0.15, -0.1) is 16.7 Å². The number of nitrogens with zero attached hydrogens (tertiary/aromatic N) is 5. The molecule has 156 valence electrons. The fourth-order valence-corrected chi connectivity index (χ4v) is 2.81. The summed E-state index contributed by atoms with van der Waals surface area (Å²) in [5.74, 6) is 1.09. The number of aromatic nitrogens is 1. The Labute approximate surface area is 175 Å². The molecule has 0 aliphatic rings. The van der Waals surface area contributed by atoms with Crippen LogP contribution in [0.25, 0.3) is 0 Å². The molecule has 10 heteroatoms. The molecule has 29 heavy (non-hydrogen) atoms. The van der Waals surface area contributed by atoms with Crippen molar-refractivity contribution >= 4 is 35.3 Å². The molecule has 1 unspecified atom stereocenters. The number of hydrazine groups is 2. The number of nitrogens with one attached hydrogen (secondary N) is 2. The molecule has 0 saturated carbocycles. The number of rotatable bonds is 9. The third kappa shape index (κ3) is 5.48. The van der Waals surface area contributed by atoms with E-state index in [9.17, 15) is 4.39 Å². The highest BCUT2D eigenvalue weighted by atomic mass is 35.5. The highest BCUT2D eigenvalue weighted by Crippen LogP contribution is 2.21. The van der Waals surface area contributed by atoms with Crippen LogP contribution in [-0.4, -0.2) is 54.3 Å². The number of hydrogen-bond donors (Lipinski definition) is 3. The molecule has 2 rings (SSSR count). The lowest BCUT2D eigenvalue weighted by Gasteiger charge is -2.32. The van der Waals surface area contributed by atoms with E-state index in [4.69, 9.17) is 27.7 Å². The van der Waals surface area contributed by atoms with E-state index in [2.05, 4.69) is 10.4 Å². The van der Waals surface area contributed by atoms with E-state index < -0.39 is 13.0 Å². The Morgan fingerprint density at radius 1 is 1.38 bits per heavy atom. The number of nitrogen functional groups attached to an aromatic ring is 1. The molecule has 0 aliphatic heterocycles. The van der Waals surface area contributed by atoms with E-state index in [1.54, 1.807) is 42.3 Å². The Bertz CT molecular complexity index is 825. The van der Waals surface area contributed by atoms with Gasteiger partial charge in [-0.1, -0.05) is 12.1 Å². The molecule has 1 atom stereocenters. The lowest BCUT2D eigenvalue weighted by Crippen LogP contribution is -2.50. The minimum Gasteiger partial charge on any atom is -0.383 e. The number of hydrogen-bond acceptors (Lipinski definition) is 7. The standard InChI is InChI=1S/C19H26ClFN8/c1-14(27(3)29(12-21)24-2)26-19(17-5-4-10-25-18(17)23)28(13-22)16-8-6-15(11-20)7-9-16/h4-10,13-14,22,24H,11-12H2,1-3H3,(H2,23,25)/b22-13?,26-19-. The van der Waals surface area contributed by atoms with Crippen molar-refractivity contribution in [3.05, 3.63) is 53.7 Å². The van der Waals surface area contributed by atoms with Gasteiger partial charge in [-0.2, -0.15) is 0 Å². The van der Waals surface area contributed by atoms with Gasteiger partial charge in [0.25, 0.3) is 0 Å². The van der Waals surface area contributed by atoms with Gasteiger partial charge in [0, 0.05) is 31.9 Å². The van der Waals surface area contributed by atoms with Crippen molar-refractivity contribution < 1.29 is 4.39 Å². The van der Waals surface area contributed by atoms with Crippen LogP contribution in [0.2, 0.25) is 0 Å². The zero-order valence-electron chi connectivity index (χ0n) is 16.7. The first-order chi connectivity index (χ1) is 14.0. The van der Waals surface area contributed by atoms with E-state index in [1.165, 1.54) is 5.12 Å². The molecular weight excluding hydrogens is 395 g/mol. The second-order valence-corrected chi connectivity index (χ2v) is 6.40. The van der Waals surface area contributed by atoms with Crippen molar-refractivity contribution in [3.63, 3.8) is 0 Å². The first kappa shape index (κ1) is 22.7. The fraction of sp³-hybridized carbons (Fsp3) is 0.316. The van der Waals surface area contributed by atoms with E-state index in [0.717, 1.165) is 11.9 Å². The largest absolute Gasteiger partial charge is 0.383 e. The number of nitrogens with two attached hydrogens (primary N) is 1. The van der Waals surface area contributed by atoms with Crippen molar-refractivity contribution in [2.75, 3.05) is 31.5 Å². The van der Waals surface area contributed by atoms with Crippen LogP contribution in [0.3, 0.4) is 0 Å². The molecule has 0 radical (unpaired) electrons. The van der Waals surface area contributed by atoms with Gasteiger partial charge < -0.3 is 5.73 Å². The summed E-state index contributed by atoms with van der Waals surface area (Å²) in [5.41, 5.74) is 11.1. The van der Waals surface area contributed by atoms with Gasteiger partial charge >= 0.3 is 0 Å². The molecule has 0 amide bonds. The van der Waals surface area contributed by atoms with Gasteiger partial charge in [-0.3, -0.25) is 10.3 Å². The third-order valence-corrected chi connectivity index (χ3v) is 4.72. The van der Waals surface area contributed by atoms with Gasteiger partial charge in [0.05, 0.1) is 11.9 Å². The number of benzene rings is 1. The van der Waals surface area contributed by atoms with Crippen LogP contribution in [0.4, 0.5) is 15.9 Å². The van der Waals surface area contributed by atoms with Crippen molar-refractivity contribution in [1.29, 1.82) is 5.41 Å². The van der Waals surface area contributed by atoms with Crippen molar-refractivity contribution in [3.8, 4) is 0 Å². The minimum atomic E-state index is -0.731. The normalized spacial score (nSPS) is 13.0. The summed E-state index contributed by atoms with van der Waals surface area (Å²) in [7, 11) is 3.33. The SMILES string of the molecule is CNN(CF)N(C)C(C)/N=C(/c1cccnc1N)N(C=N)c1ccc(CCl)cc1. The van der Waals surface area contributed by atoms with Crippen LogP contribution < -0.4 is 16.1 Å². The van der Waals surface area contributed by atoms with Crippen molar-refractivity contribution in [1.82, 2.24) is 20.5 Å². The van der Waals surface area contributed by atoms with E-state index in [-0.39, 0.29) is 5.82 Å². The third-order valence-electron chi connectivity index (χ3n) is 4.41. The molecule has 8 nitrogen and oxygen atoms in total. The Morgan fingerprint density at radius 2 is 2.07 bits per heavy atom. The Kier molecular flexibility index (Phi) is 8.47. The quantitative estimate of drug-likeness (QED) is 0.190. The van der Waals surface area contributed by atoms with Crippen LogP contribution in [0, 0.1) is 5.41 Å². The maximum atomic E-state index is 13.2. The first-order valence-electron chi connectivity index (χ1n) is 8.93. The second kappa shape index (κ2) is 10.8. The summed E-state index contributed by atoms with van der Waals surface area (Å²) in [6.45, 7) is 1.08. The molecule has 0 bridgehead atoms. The zero-order valence-corrected chi connectivity index (χ0v) is 17.4. The second-order valence-electron chi connectivity index (χ2n) is 6.14. The monoisotopic (exact) mass is 420 g/mol. The molecule has 0 aliphatic carbocycles. The lowest BCUT2D eigenvalue weighted by molar-refractivity contribution is -0.0944. The summed E-state index contributed by atoms with van der Waals surface area (Å²) in [5, 5.41) is 10.9. The van der Waals surface area contributed by atoms with Crippen LogP contribution in [0.1, 0.15) is 18.1 Å². The molecule has 0 spiro atoms. The van der Waals surface area contributed by atoms with Gasteiger partial charge in [0.2, 0.25) is 0 Å². The first-order valence-corrected chi connectivity index (χ1v) is 9.47. The van der Waals surface area contributed by atoms with E-state index in [1.807, 2.05) is 31.2 Å². The van der Waals surface area contributed by atoms with Gasteiger partial charge in [0.1, 0.15) is 17.8 Å². The van der Waals surface area contributed by atoms with E-state index >= 15 is 0 Å². The van der Waals surface area contributed by atoms with Gasteiger partial charge in [0.15, 0.2) is 6.80 Å². The van der Waals surface area contributed by atoms with Crippen molar-refractivity contribution in [2.24, 2.45) is 4.99 Å². The number of alkyl halides is 2.